The first-order chi connectivity index (χ1) is 9.55. The van der Waals surface area contributed by atoms with Crippen LogP contribution in [-0.4, -0.2) is 27.0 Å². The molecule has 1 saturated carbocycles. The lowest BCUT2D eigenvalue weighted by molar-refractivity contribution is -0.0510. The standard InChI is InChI=1S/C16H21N3O/c1-16(2)14(10-15(16)20)18-13-6-3-5-12(9-13)11-19-8-4-7-17-19/h3-9,14-15,18,20H,10-11H2,1-2H3. The van der Waals surface area contributed by atoms with Gasteiger partial charge in [0.2, 0.25) is 0 Å². The predicted octanol–water partition coefficient (Wildman–Crippen LogP) is 2.50. The van der Waals surface area contributed by atoms with E-state index in [9.17, 15) is 5.11 Å². The summed E-state index contributed by atoms with van der Waals surface area (Å²) in [5.41, 5.74) is 2.27. The Morgan fingerprint density at radius 1 is 1.40 bits per heavy atom. The third-order valence-electron chi connectivity index (χ3n) is 4.39. The molecule has 0 bridgehead atoms. The number of benzene rings is 1. The van der Waals surface area contributed by atoms with Crippen molar-refractivity contribution in [1.82, 2.24) is 9.78 Å². The summed E-state index contributed by atoms with van der Waals surface area (Å²) in [6.07, 6.45) is 4.37. The van der Waals surface area contributed by atoms with Crippen LogP contribution in [0.1, 0.15) is 25.8 Å². The highest BCUT2D eigenvalue weighted by Crippen LogP contribution is 2.42. The number of hydrogen-bond donors (Lipinski definition) is 2. The fourth-order valence-electron chi connectivity index (χ4n) is 2.69. The van der Waals surface area contributed by atoms with Gasteiger partial charge >= 0.3 is 0 Å². The minimum atomic E-state index is -0.202. The Kier molecular flexibility index (Phi) is 3.26. The van der Waals surface area contributed by atoms with Crippen molar-refractivity contribution in [3.8, 4) is 0 Å². The Labute approximate surface area is 119 Å². The van der Waals surface area contributed by atoms with Crippen LogP contribution >= 0.6 is 0 Å². The van der Waals surface area contributed by atoms with Gasteiger partial charge in [-0.25, -0.2) is 0 Å². The van der Waals surface area contributed by atoms with Crippen LogP contribution in [0, 0.1) is 5.41 Å². The van der Waals surface area contributed by atoms with Crippen molar-refractivity contribution in [2.24, 2.45) is 5.41 Å². The molecule has 2 aromatic rings. The average Bonchev–Trinajstić information content (AvgIpc) is 2.92. The van der Waals surface area contributed by atoms with Gasteiger partial charge in [-0.1, -0.05) is 26.0 Å². The molecular formula is C16H21N3O. The van der Waals surface area contributed by atoms with Crippen molar-refractivity contribution < 1.29 is 5.11 Å². The molecule has 1 aromatic carbocycles. The van der Waals surface area contributed by atoms with Crippen LogP contribution in [0.25, 0.3) is 0 Å². The molecule has 4 heteroatoms. The molecule has 3 rings (SSSR count). The minimum absolute atomic E-state index is 0.0576. The number of aromatic nitrogens is 2. The van der Waals surface area contributed by atoms with Crippen molar-refractivity contribution in [1.29, 1.82) is 0 Å². The zero-order valence-corrected chi connectivity index (χ0v) is 12.0. The first-order valence-electron chi connectivity index (χ1n) is 7.06. The second-order valence-corrected chi connectivity index (χ2v) is 6.17. The monoisotopic (exact) mass is 271 g/mol. The maximum absolute atomic E-state index is 9.80. The van der Waals surface area contributed by atoms with E-state index in [-0.39, 0.29) is 11.5 Å². The molecule has 4 nitrogen and oxygen atoms in total. The zero-order valence-electron chi connectivity index (χ0n) is 12.0. The minimum Gasteiger partial charge on any atom is -0.392 e. The second-order valence-electron chi connectivity index (χ2n) is 6.17. The number of aliphatic hydroxyl groups is 1. The second kappa shape index (κ2) is 4.94. The number of rotatable bonds is 4. The van der Waals surface area contributed by atoms with E-state index in [0.717, 1.165) is 18.7 Å². The lowest BCUT2D eigenvalue weighted by Gasteiger charge is -2.49. The summed E-state index contributed by atoms with van der Waals surface area (Å²) in [5.74, 6) is 0. The van der Waals surface area contributed by atoms with E-state index in [1.54, 1.807) is 6.20 Å². The number of nitrogens with zero attached hydrogens (tertiary/aromatic N) is 2. The smallest absolute Gasteiger partial charge is 0.0660 e. The van der Waals surface area contributed by atoms with Crippen LogP contribution in [-0.2, 0) is 6.54 Å². The normalized spacial score (nSPS) is 24.1. The molecule has 1 heterocycles. The first kappa shape index (κ1) is 13.2. The summed E-state index contributed by atoms with van der Waals surface area (Å²) < 4.78 is 1.91. The van der Waals surface area contributed by atoms with E-state index in [1.807, 2.05) is 16.9 Å². The third kappa shape index (κ3) is 2.43. The highest BCUT2D eigenvalue weighted by molar-refractivity contribution is 5.47. The Morgan fingerprint density at radius 2 is 2.25 bits per heavy atom. The fourth-order valence-corrected chi connectivity index (χ4v) is 2.69. The zero-order chi connectivity index (χ0) is 14.2. The molecule has 1 aromatic heterocycles. The lowest BCUT2D eigenvalue weighted by atomic mass is 9.64. The van der Waals surface area contributed by atoms with Crippen molar-refractivity contribution in [3.05, 3.63) is 48.3 Å². The quantitative estimate of drug-likeness (QED) is 0.898. The Morgan fingerprint density at radius 3 is 2.90 bits per heavy atom. The van der Waals surface area contributed by atoms with Crippen molar-refractivity contribution >= 4 is 5.69 Å². The van der Waals surface area contributed by atoms with Gasteiger partial charge in [0.1, 0.15) is 0 Å². The molecule has 2 N–H and O–H groups in total. The molecule has 2 atom stereocenters. The van der Waals surface area contributed by atoms with Crippen molar-refractivity contribution in [2.45, 2.75) is 39.0 Å². The van der Waals surface area contributed by atoms with E-state index in [4.69, 9.17) is 0 Å². The molecule has 1 aliphatic carbocycles. The highest BCUT2D eigenvalue weighted by atomic mass is 16.3. The van der Waals surface area contributed by atoms with Crippen molar-refractivity contribution in [2.75, 3.05) is 5.32 Å². The number of nitrogens with one attached hydrogen (secondary N) is 1. The largest absolute Gasteiger partial charge is 0.392 e. The Balaban J connectivity index is 1.69. The van der Waals surface area contributed by atoms with Gasteiger partial charge in [0.25, 0.3) is 0 Å². The fraction of sp³-hybridized carbons (Fsp3) is 0.438. The van der Waals surface area contributed by atoms with Crippen LogP contribution in [0.15, 0.2) is 42.7 Å². The molecule has 2 unspecified atom stereocenters. The third-order valence-corrected chi connectivity index (χ3v) is 4.39. The van der Waals surface area contributed by atoms with Gasteiger partial charge in [-0.15, -0.1) is 0 Å². The van der Waals surface area contributed by atoms with Gasteiger partial charge in [-0.05, 0) is 30.2 Å². The summed E-state index contributed by atoms with van der Waals surface area (Å²) in [6.45, 7) is 4.98. The molecule has 0 aliphatic heterocycles. The Hall–Kier alpha value is -1.81. The van der Waals surface area contributed by atoms with Gasteiger partial charge in [-0.2, -0.15) is 5.10 Å². The van der Waals surface area contributed by atoms with Crippen LogP contribution in [0.3, 0.4) is 0 Å². The van der Waals surface area contributed by atoms with Crippen LogP contribution in [0.2, 0.25) is 0 Å². The summed E-state index contributed by atoms with van der Waals surface area (Å²) in [5, 5.41) is 17.6. The average molecular weight is 271 g/mol. The molecule has 106 valence electrons. The topological polar surface area (TPSA) is 50.1 Å². The van der Waals surface area contributed by atoms with Gasteiger partial charge in [-0.3, -0.25) is 4.68 Å². The SMILES string of the molecule is CC1(C)C(O)CC1Nc1cccc(Cn2cccn2)c1. The van der Waals surface area contributed by atoms with E-state index in [2.05, 4.69) is 48.5 Å². The van der Waals surface area contributed by atoms with Gasteiger partial charge in [0, 0.05) is 29.5 Å². The molecule has 20 heavy (non-hydrogen) atoms. The van der Waals surface area contributed by atoms with Gasteiger partial charge < -0.3 is 10.4 Å². The van der Waals surface area contributed by atoms with E-state index in [0.29, 0.717) is 6.04 Å². The van der Waals surface area contributed by atoms with E-state index < -0.39 is 0 Å². The maximum Gasteiger partial charge on any atom is 0.0660 e. The number of anilines is 1. The van der Waals surface area contributed by atoms with Gasteiger partial charge in [0.05, 0.1) is 12.6 Å². The van der Waals surface area contributed by atoms with Crippen LogP contribution in [0.5, 0.6) is 0 Å². The van der Waals surface area contributed by atoms with Gasteiger partial charge in [0.15, 0.2) is 0 Å². The Bertz CT molecular complexity index is 577. The van der Waals surface area contributed by atoms with Crippen LogP contribution < -0.4 is 5.32 Å². The molecule has 1 fully saturated rings. The van der Waals surface area contributed by atoms with E-state index in [1.165, 1.54) is 5.56 Å². The molecule has 0 radical (unpaired) electrons. The molecule has 0 amide bonds. The van der Waals surface area contributed by atoms with Crippen LogP contribution in [0.4, 0.5) is 5.69 Å². The number of hydrogen-bond acceptors (Lipinski definition) is 3. The first-order valence-corrected chi connectivity index (χ1v) is 7.06. The predicted molar refractivity (Wildman–Crippen MR) is 79.6 cm³/mol. The van der Waals surface area contributed by atoms with E-state index >= 15 is 0 Å². The summed E-state index contributed by atoms with van der Waals surface area (Å²) in [6, 6.07) is 10.7. The summed E-state index contributed by atoms with van der Waals surface area (Å²) in [4.78, 5) is 0. The summed E-state index contributed by atoms with van der Waals surface area (Å²) >= 11 is 0. The maximum atomic E-state index is 9.80. The molecule has 1 aliphatic rings. The number of aliphatic hydroxyl groups excluding tert-OH is 1. The highest BCUT2D eigenvalue weighted by Gasteiger charge is 2.47. The molecule has 0 spiro atoms. The molecule has 0 saturated heterocycles. The van der Waals surface area contributed by atoms with Crippen molar-refractivity contribution in [3.63, 3.8) is 0 Å². The molecular weight excluding hydrogens is 250 g/mol. The summed E-state index contributed by atoms with van der Waals surface area (Å²) in [7, 11) is 0. The lowest BCUT2D eigenvalue weighted by Crippen LogP contribution is -2.56.